The van der Waals surface area contributed by atoms with E-state index in [-0.39, 0.29) is 0 Å². The minimum Gasteiger partial charge on any atom is -0.418 e. The second-order valence-electron chi connectivity index (χ2n) is 4.35. The summed E-state index contributed by atoms with van der Waals surface area (Å²) >= 11 is 0. The molecule has 0 aromatic carbocycles. The fraction of sp³-hybridized carbons (Fsp3) is 0.900. The Bertz CT molecular complexity index is 149. The Morgan fingerprint density at radius 3 is 2.31 bits per heavy atom. The highest BCUT2D eigenvalue weighted by Crippen LogP contribution is 2.05. The van der Waals surface area contributed by atoms with Crippen LogP contribution >= 0.6 is 0 Å². The first-order valence-corrected chi connectivity index (χ1v) is 8.52. The molecule has 0 aliphatic carbocycles. The smallest absolute Gasteiger partial charge is 0.183 e. The Kier molecular flexibility index (Phi) is 6.25. The van der Waals surface area contributed by atoms with Crippen LogP contribution in [0.4, 0.5) is 0 Å². The highest BCUT2D eigenvalue weighted by atomic mass is 28.4. The molecule has 2 nitrogen and oxygen atoms in total. The van der Waals surface area contributed by atoms with E-state index in [1.54, 1.807) is 0 Å². The summed E-state index contributed by atoms with van der Waals surface area (Å²) in [6, 6.07) is 0. The van der Waals surface area contributed by atoms with Crippen LogP contribution in [0, 0.1) is 0 Å². The molecule has 0 amide bonds. The van der Waals surface area contributed by atoms with Gasteiger partial charge in [0, 0.05) is 19.4 Å². The molecule has 0 rings (SSSR count). The molecule has 78 valence electrons. The van der Waals surface area contributed by atoms with Crippen molar-refractivity contribution in [3.05, 3.63) is 0 Å². The highest BCUT2D eigenvalue weighted by molar-refractivity contribution is 6.69. The van der Waals surface area contributed by atoms with Gasteiger partial charge in [-0.25, -0.2) is 0 Å². The van der Waals surface area contributed by atoms with Gasteiger partial charge in [0.1, 0.15) is 5.78 Å². The van der Waals surface area contributed by atoms with Gasteiger partial charge in [0.15, 0.2) is 8.32 Å². The lowest BCUT2D eigenvalue weighted by Gasteiger charge is -2.16. The average molecular weight is 202 g/mol. The van der Waals surface area contributed by atoms with Crippen molar-refractivity contribution in [2.24, 2.45) is 0 Å². The van der Waals surface area contributed by atoms with E-state index >= 15 is 0 Å². The molecule has 0 aromatic rings. The molecule has 0 aliphatic heterocycles. The lowest BCUT2D eigenvalue weighted by Crippen LogP contribution is -2.25. The van der Waals surface area contributed by atoms with E-state index in [0.29, 0.717) is 12.2 Å². The van der Waals surface area contributed by atoms with Gasteiger partial charge in [-0.2, -0.15) is 0 Å². The normalized spacial score (nSPS) is 11.7. The van der Waals surface area contributed by atoms with E-state index in [2.05, 4.69) is 19.6 Å². The Morgan fingerprint density at radius 1 is 1.23 bits per heavy atom. The molecule has 0 fully saturated rings. The van der Waals surface area contributed by atoms with Crippen molar-refractivity contribution in [2.75, 3.05) is 6.61 Å². The number of hydrogen-bond donors (Lipinski definition) is 0. The summed E-state index contributed by atoms with van der Waals surface area (Å²) in [4.78, 5) is 11.1. The van der Waals surface area contributed by atoms with Gasteiger partial charge in [0.25, 0.3) is 0 Å². The Morgan fingerprint density at radius 2 is 1.85 bits per heavy atom. The highest BCUT2D eigenvalue weighted by Gasteiger charge is 2.13. The molecule has 13 heavy (non-hydrogen) atoms. The SMILES string of the molecule is CCCC(=O)CCCO[Si](C)(C)C. The fourth-order valence-corrected chi connectivity index (χ4v) is 1.81. The monoisotopic (exact) mass is 202 g/mol. The van der Waals surface area contributed by atoms with Crippen molar-refractivity contribution < 1.29 is 9.22 Å². The number of hydrogen-bond acceptors (Lipinski definition) is 2. The third-order valence-electron chi connectivity index (χ3n) is 1.66. The molecule has 0 radical (unpaired) electrons. The average Bonchev–Trinajstić information content (AvgIpc) is 1.97. The number of rotatable bonds is 7. The molecular formula is C10H22O2Si. The van der Waals surface area contributed by atoms with E-state index in [9.17, 15) is 4.79 Å². The first kappa shape index (κ1) is 12.8. The zero-order valence-corrected chi connectivity index (χ0v) is 10.4. The van der Waals surface area contributed by atoms with Crippen molar-refractivity contribution in [1.82, 2.24) is 0 Å². The van der Waals surface area contributed by atoms with Gasteiger partial charge >= 0.3 is 0 Å². The lowest BCUT2D eigenvalue weighted by molar-refractivity contribution is -0.119. The minimum atomic E-state index is -1.36. The Hall–Kier alpha value is -0.153. The van der Waals surface area contributed by atoms with E-state index in [0.717, 1.165) is 25.9 Å². The standard InChI is InChI=1S/C10H22O2Si/c1-5-7-10(11)8-6-9-12-13(2,3)4/h5-9H2,1-4H3. The van der Waals surface area contributed by atoms with Gasteiger partial charge in [-0.05, 0) is 32.5 Å². The maximum Gasteiger partial charge on any atom is 0.183 e. The number of Topliss-reactive ketones (excluding diaryl/α,β-unsaturated/α-hetero) is 1. The van der Waals surface area contributed by atoms with Gasteiger partial charge in [-0.1, -0.05) is 6.92 Å². The number of carbonyl (C=O) groups excluding carboxylic acids is 1. The van der Waals surface area contributed by atoms with Crippen LogP contribution in [0.25, 0.3) is 0 Å². The largest absolute Gasteiger partial charge is 0.418 e. The molecule has 0 bridgehead atoms. The molecule has 0 atom stereocenters. The summed E-state index contributed by atoms with van der Waals surface area (Å²) in [5.74, 6) is 0.377. The second-order valence-corrected chi connectivity index (χ2v) is 8.87. The summed E-state index contributed by atoms with van der Waals surface area (Å²) in [7, 11) is -1.36. The van der Waals surface area contributed by atoms with Gasteiger partial charge in [0.2, 0.25) is 0 Å². The zero-order valence-electron chi connectivity index (χ0n) is 9.35. The van der Waals surface area contributed by atoms with E-state index in [1.165, 1.54) is 0 Å². The second kappa shape index (κ2) is 6.32. The molecule has 0 saturated carbocycles. The third kappa shape index (κ3) is 9.76. The first-order chi connectivity index (χ1) is 5.95. The summed E-state index contributed by atoms with van der Waals surface area (Å²) in [5.41, 5.74) is 0. The van der Waals surface area contributed by atoms with Crippen LogP contribution in [-0.4, -0.2) is 20.7 Å². The molecule has 0 saturated heterocycles. The van der Waals surface area contributed by atoms with Crippen LogP contribution in [0.15, 0.2) is 0 Å². The van der Waals surface area contributed by atoms with Crippen LogP contribution in [0.3, 0.4) is 0 Å². The predicted octanol–water partition coefficient (Wildman–Crippen LogP) is 2.99. The van der Waals surface area contributed by atoms with E-state index in [4.69, 9.17) is 4.43 Å². The van der Waals surface area contributed by atoms with Crippen molar-refractivity contribution in [3.8, 4) is 0 Å². The first-order valence-electron chi connectivity index (χ1n) is 5.11. The molecule has 0 aliphatic rings. The molecule has 0 aromatic heterocycles. The van der Waals surface area contributed by atoms with Gasteiger partial charge in [-0.15, -0.1) is 0 Å². The lowest BCUT2D eigenvalue weighted by atomic mass is 10.1. The molecule has 0 N–H and O–H groups in total. The summed E-state index contributed by atoms with van der Waals surface area (Å²) in [6.07, 6.45) is 3.28. The van der Waals surface area contributed by atoms with Crippen LogP contribution in [0.1, 0.15) is 32.6 Å². The maximum absolute atomic E-state index is 11.1. The zero-order chi connectivity index (χ0) is 10.3. The van der Waals surface area contributed by atoms with Crippen LogP contribution in [0.2, 0.25) is 19.6 Å². The van der Waals surface area contributed by atoms with Crippen molar-refractivity contribution in [3.63, 3.8) is 0 Å². The van der Waals surface area contributed by atoms with Gasteiger partial charge in [-0.3, -0.25) is 4.79 Å². The predicted molar refractivity (Wildman–Crippen MR) is 58.4 cm³/mol. The van der Waals surface area contributed by atoms with E-state index in [1.807, 2.05) is 6.92 Å². The Balaban J connectivity index is 3.31. The Labute approximate surface area is 82.8 Å². The topological polar surface area (TPSA) is 26.3 Å². The van der Waals surface area contributed by atoms with Crippen LogP contribution < -0.4 is 0 Å². The summed E-state index contributed by atoms with van der Waals surface area (Å²) < 4.78 is 5.64. The van der Waals surface area contributed by atoms with Crippen molar-refractivity contribution in [2.45, 2.75) is 52.2 Å². The van der Waals surface area contributed by atoms with E-state index < -0.39 is 8.32 Å². The fourth-order valence-electron chi connectivity index (χ4n) is 1.05. The summed E-state index contributed by atoms with van der Waals surface area (Å²) in [5, 5.41) is 0. The third-order valence-corrected chi connectivity index (χ3v) is 2.73. The molecule has 3 heteroatoms. The molecule has 0 spiro atoms. The van der Waals surface area contributed by atoms with Crippen molar-refractivity contribution in [1.29, 1.82) is 0 Å². The quantitative estimate of drug-likeness (QED) is 0.468. The van der Waals surface area contributed by atoms with Crippen LogP contribution in [0.5, 0.6) is 0 Å². The van der Waals surface area contributed by atoms with Gasteiger partial charge in [0.05, 0.1) is 0 Å². The molecule has 0 unspecified atom stereocenters. The number of carbonyl (C=O) groups is 1. The van der Waals surface area contributed by atoms with Crippen molar-refractivity contribution >= 4 is 14.1 Å². The number of ketones is 1. The van der Waals surface area contributed by atoms with Gasteiger partial charge < -0.3 is 4.43 Å². The van der Waals surface area contributed by atoms with Crippen LogP contribution in [-0.2, 0) is 9.22 Å². The molecular weight excluding hydrogens is 180 g/mol. The maximum atomic E-state index is 11.1. The summed E-state index contributed by atoms with van der Waals surface area (Å²) in [6.45, 7) is 9.30. The minimum absolute atomic E-state index is 0.377. The molecule has 0 heterocycles.